The molecule has 0 radical (unpaired) electrons. The van der Waals surface area contributed by atoms with Crippen molar-refractivity contribution in [2.24, 2.45) is 0 Å². The molecule has 1 unspecified atom stereocenters. The zero-order valence-electron chi connectivity index (χ0n) is 21.5. The molecule has 1 aromatic carbocycles. The summed E-state index contributed by atoms with van der Waals surface area (Å²) in [6, 6.07) is 12.4. The average molecular weight is 550 g/mol. The van der Waals surface area contributed by atoms with Gasteiger partial charge in [-0.05, 0) is 43.0 Å². The quantitative estimate of drug-likeness (QED) is 0.518. The van der Waals surface area contributed by atoms with Crippen LogP contribution in [-0.2, 0) is 27.8 Å². The zero-order chi connectivity index (χ0) is 28.2. The van der Waals surface area contributed by atoms with Crippen LogP contribution in [0.1, 0.15) is 52.0 Å². The molecule has 11 heteroatoms. The van der Waals surface area contributed by atoms with Gasteiger partial charge in [-0.15, -0.1) is 0 Å². The standard InChI is InChI=1S/C29H26F3N5O3/c1-16-20(17-6-3-2-4-7-17)11-22(26(39)37(16)15-29(30,31)32)35-25(38)19-10-18-12-28(13-23(18)34-14-19)21-8-5-9-33-24(21)36-27(28)40/h2-10,14,16,20,22H,11-13,15H2,1H3,(H,35,38)(H,33,36,40)/t16-,20-,22?,28+/m1/s1. The number of carbonyl (C=O) groups excluding carboxylic acids is 3. The van der Waals surface area contributed by atoms with Gasteiger partial charge < -0.3 is 15.5 Å². The number of alkyl halides is 3. The predicted molar refractivity (Wildman–Crippen MR) is 138 cm³/mol. The van der Waals surface area contributed by atoms with E-state index >= 15 is 0 Å². The Morgan fingerprint density at radius 2 is 1.90 bits per heavy atom. The van der Waals surface area contributed by atoms with Gasteiger partial charge in [-0.3, -0.25) is 19.4 Å². The molecule has 1 aliphatic carbocycles. The Bertz CT molecular complexity index is 1510. The number of fused-ring (bicyclic) bond motifs is 3. The molecule has 2 aromatic heterocycles. The molecule has 40 heavy (non-hydrogen) atoms. The van der Waals surface area contributed by atoms with Crippen molar-refractivity contribution in [2.75, 3.05) is 11.9 Å². The summed E-state index contributed by atoms with van der Waals surface area (Å²) < 4.78 is 40.3. The van der Waals surface area contributed by atoms with Crippen LogP contribution in [0.5, 0.6) is 0 Å². The number of carbonyl (C=O) groups is 3. The lowest BCUT2D eigenvalue weighted by Gasteiger charge is -2.43. The first-order chi connectivity index (χ1) is 19.1. The Balaban J connectivity index is 1.25. The smallest absolute Gasteiger partial charge is 0.340 e. The van der Waals surface area contributed by atoms with E-state index in [1.165, 1.54) is 6.20 Å². The molecule has 3 aliphatic rings. The van der Waals surface area contributed by atoms with Gasteiger partial charge in [-0.1, -0.05) is 36.4 Å². The highest BCUT2D eigenvalue weighted by Crippen LogP contribution is 2.46. The second-order valence-electron chi connectivity index (χ2n) is 10.7. The summed E-state index contributed by atoms with van der Waals surface area (Å²) in [5.74, 6) is -1.45. The Morgan fingerprint density at radius 1 is 1.12 bits per heavy atom. The Hall–Kier alpha value is -4.28. The van der Waals surface area contributed by atoms with Crippen LogP contribution in [0.25, 0.3) is 0 Å². The summed E-state index contributed by atoms with van der Waals surface area (Å²) in [7, 11) is 0. The van der Waals surface area contributed by atoms with Crippen molar-refractivity contribution < 1.29 is 27.6 Å². The fourth-order valence-electron chi connectivity index (χ4n) is 6.30. The van der Waals surface area contributed by atoms with Crippen LogP contribution in [0.2, 0.25) is 0 Å². The first-order valence-corrected chi connectivity index (χ1v) is 13.0. The van der Waals surface area contributed by atoms with Gasteiger partial charge in [0.1, 0.15) is 18.4 Å². The fraction of sp³-hybridized carbons (Fsp3) is 0.345. The SMILES string of the molecule is C[C@@H]1[C@H](c2ccccc2)CC(NC(=O)c2cnc3c(c2)C[C@@]2(C3)C(=O)Nc3ncccc32)C(=O)N1CC(F)(F)F. The van der Waals surface area contributed by atoms with Crippen molar-refractivity contribution in [1.82, 2.24) is 20.2 Å². The molecule has 4 atom stereocenters. The number of anilines is 1. The van der Waals surface area contributed by atoms with Gasteiger partial charge in [0, 0.05) is 42.0 Å². The number of likely N-dealkylation sites (tertiary alicyclic amines) is 1. The summed E-state index contributed by atoms with van der Waals surface area (Å²) in [5, 5.41) is 5.49. The van der Waals surface area contributed by atoms with Crippen LogP contribution < -0.4 is 10.6 Å². The van der Waals surface area contributed by atoms with Crippen LogP contribution >= 0.6 is 0 Å². The van der Waals surface area contributed by atoms with Gasteiger partial charge in [0.15, 0.2) is 0 Å². The molecular formula is C29H26F3N5O3. The summed E-state index contributed by atoms with van der Waals surface area (Å²) in [5.41, 5.74) is 2.30. The summed E-state index contributed by atoms with van der Waals surface area (Å²) in [6.07, 6.45) is -0.753. The molecular weight excluding hydrogens is 523 g/mol. The van der Waals surface area contributed by atoms with Crippen LogP contribution in [0.4, 0.5) is 19.0 Å². The van der Waals surface area contributed by atoms with Crippen LogP contribution in [0.15, 0.2) is 60.9 Å². The molecule has 0 saturated carbocycles. The highest BCUT2D eigenvalue weighted by Gasteiger charge is 2.52. The number of hydrogen-bond acceptors (Lipinski definition) is 5. The Morgan fingerprint density at radius 3 is 2.65 bits per heavy atom. The normalized spacial score (nSPS) is 25.5. The van der Waals surface area contributed by atoms with Gasteiger partial charge in [0.05, 0.1) is 11.0 Å². The molecule has 1 spiro atoms. The van der Waals surface area contributed by atoms with Gasteiger partial charge in [0.25, 0.3) is 5.91 Å². The Kier molecular flexibility index (Phi) is 6.12. The third-order valence-electron chi connectivity index (χ3n) is 8.30. The van der Waals surface area contributed by atoms with Crippen molar-refractivity contribution in [2.45, 2.75) is 55.8 Å². The minimum absolute atomic E-state index is 0.162. The van der Waals surface area contributed by atoms with Crippen LogP contribution in [0, 0.1) is 0 Å². The lowest BCUT2D eigenvalue weighted by Crippen LogP contribution is -2.59. The molecule has 8 nitrogen and oxygen atoms in total. The Labute approximate surface area is 228 Å². The lowest BCUT2D eigenvalue weighted by atomic mass is 9.80. The van der Waals surface area contributed by atoms with Gasteiger partial charge in [-0.2, -0.15) is 13.2 Å². The molecule has 4 heterocycles. The first kappa shape index (κ1) is 26.0. The zero-order valence-corrected chi connectivity index (χ0v) is 21.5. The largest absolute Gasteiger partial charge is 0.406 e. The predicted octanol–water partition coefficient (Wildman–Crippen LogP) is 3.53. The number of nitrogens with zero attached hydrogens (tertiary/aromatic N) is 3. The molecule has 3 amide bonds. The minimum atomic E-state index is -4.59. The number of nitrogens with one attached hydrogen (secondary N) is 2. The molecule has 6 rings (SSSR count). The molecule has 1 saturated heterocycles. The summed E-state index contributed by atoms with van der Waals surface area (Å²) in [6.45, 7) is 0.204. The van der Waals surface area contributed by atoms with Crippen molar-refractivity contribution in [3.63, 3.8) is 0 Å². The second-order valence-corrected chi connectivity index (χ2v) is 10.7. The first-order valence-electron chi connectivity index (χ1n) is 13.0. The van der Waals surface area contributed by atoms with Gasteiger partial charge >= 0.3 is 6.18 Å². The topological polar surface area (TPSA) is 104 Å². The molecule has 206 valence electrons. The number of rotatable bonds is 4. The summed E-state index contributed by atoms with van der Waals surface area (Å²) in [4.78, 5) is 49.0. The van der Waals surface area contributed by atoms with Crippen molar-refractivity contribution in [1.29, 1.82) is 0 Å². The highest BCUT2D eigenvalue weighted by atomic mass is 19.4. The van der Waals surface area contributed by atoms with E-state index in [1.807, 2.05) is 24.3 Å². The van der Waals surface area contributed by atoms with Gasteiger partial charge in [0.2, 0.25) is 11.8 Å². The molecule has 2 aliphatic heterocycles. The van der Waals surface area contributed by atoms with E-state index in [2.05, 4.69) is 20.6 Å². The number of halogens is 3. The van der Waals surface area contributed by atoms with E-state index in [0.29, 0.717) is 24.4 Å². The maximum absolute atomic E-state index is 13.4. The van der Waals surface area contributed by atoms with Crippen LogP contribution in [0.3, 0.4) is 0 Å². The summed E-state index contributed by atoms with van der Waals surface area (Å²) >= 11 is 0. The van der Waals surface area contributed by atoms with E-state index in [-0.39, 0.29) is 17.9 Å². The number of amides is 3. The van der Waals surface area contributed by atoms with E-state index in [4.69, 9.17) is 0 Å². The molecule has 0 bridgehead atoms. The van der Waals surface area contributed by atoms with Crippen LogP contribution in [-0.4, -0.2) is 57.4 Å². The number of piperidine rings is 1. The van der Waals surface area contributed by atoms with Crippen molar-refractivity contribution >= 4 is 23.5 Å². The molecule has 1 fully saturated rings. The highest BCUT2D eigenvalue weighted by molar-refractivity contribution is 6.06. The number of pyridine rings is 2. The van der Waals surface area contributed by atoms with Crippen molar-refractivity contribution in [3.8, 4) is 0 Å². The van der Waals surface area contributed by atoms with E-state index < -0.39 is 48.0 Å². The second kappa shape index (κ2) is 9.42. The number of aromatic nitrogens is 2. The average Bonchev–Trinajstić information content (AvgIpc) is 3.44. The van der Waals surface area contributed by atoms with E-state index in [1.54, 1.807) is 37.4 Å². The maximum Gasteiger partial charge on any atom is 0.406 e. The molecule has 2 N–H and O–H groups in total. The van der Waals surface area contributed by atoms with E-state index in [0.717, 1.165) is 21.6 Å². The maximum atomic E-state index is 13.4. The monoisotopic (exact) mass is 549 g/mol. The third kappa shape index (κ3) is 4.39. The fourth-order valence-corrected chi connectivity index (χ4v) is 6.30. The molecule has 3 aromatic rings. The van der Waals surface area contributed by atoms with Gasteiger partial charge in [-0.25, -0.2) is 4.98 Å². The number of benzene rings is 1. The lowest BCUT2D eigenvalue weighted by molar-refractivity contribution is -0.170. The van der Waals surface area contributed by atoms with E-state index in [9.17, 15) is 27.6 Å². The minimum Gasteiger partial charge on any atom is -0.340 e. The third-order valence-corrected chi connectivity index (χ3v) is 8.30. The van der Waals surface area contributed by atoms with Crippen molar-refractivity contribution in [3.05, 3.63) is 88.9 Å². The number of hydrogen-bond donors (Lipinski definition) is 2.